The number of carbonyl (C=O) groups is 1. The van der Waals surface area contributed by atoms with Crippen molar-refractivity contribution < 1.29 is 13.6 Å². The van der Waals surface area contributed by atoms with Crippen molar-refractivity contribution in [3.63, 3.8) is 0 Å². The van der Waals surface area contributed by atoms with Crippen molar-refractivity contribution in [1.82, 2.24) is 4.57 Å². The molecule has 0 aliphatic carbocycles. The monoisotopic (exact) mass is 221 g/mol. The highest BCUT2D eigenvalue weighted by molar-refractivity contribution is 5.74. The topological polar surface area (TPSA) is 22.0 Å². The zero-order valence-corrected chi connectivity index (χ0v) is 8.36. The molecule has 0 amide bonds. The van der Waals surface area contributed by atoms with E-state index in [0.29, 0.717) is 11.8 Å². The summed E-state index contributed by atoms with van der Waals surface area (Å²) in [5, 5.41) is 0. The first-order chi connectivity index (χ1) is 7.70. The summed E-state index contributed by atoms with van der Waals surface area (Å²) in [6, 6.07) is 5.33. The van der Waals surface area contributed by atoms with Crippen molar-refractivity contribution in [2.45, 2.75) is 6.54 Å². The second-order valence-corrected chi connectivity index (χ2v) is 3.44. The van der Waals surface area contributed by atoms with E-state index in [2.05, 4.69) is 0 Å². The minimum Gasteiger partial charge on any atom is -0.349 e. The lowest BCUT2D eigenvalue weighted by molar-refractivity contribution is 0.112. The minimum absolute atomic E-state index is 0.00412. The van der Waals surface area contributed by atoms with Crippen LogP contribution in [0.3, 0.4) is 0 Å². The molecule has 1 aromatic carbocycles. The molecule has 0 spiro atoms. The normalized spacial score (nSPS) is 10.4. The number of halogens is 2. The van der Waals surface area contributed by atoms with E-state index in [1.165, 1.54) is 18.2 Å². The van der Waals surface area contributed by atoms with Gasteiger partial charge in [-0.05, 0) is 18.2 Å². The lowest BCUT2D eigenvalue weighted by Crippen LogP contribution is -2.02. The van der Waals surface area contributed by atoms with E-state index in [4.69, 9.17) is 0 Å². The van der Waals surface area contributed by atoms with Crippen molar-refractivity contribution in [3.8, 4) is 0 Å². The molecule has 2 aromatic rings. The molecular weight excluding hydrogens is 212 g/mol. The number of aldehydes is 1. The van der Waals surface area contributed by atoms with E-state index in [0.717, 1.165) is 0 Å². The molecular formula is C12H9F2NO. The van der Waals surface area contributed by atoms with Crippen molar-refractivity contribution in [1.29, 1.82) is 0 Å². The van der Waals surface area contributed by atoms with E-state index < -0.39 is 11.6 Å². The van der Waals surface area contributed by atoms with Gasteiger partial charge in [0.25, 0.3) is 0 Å². The number of aromatic nitrogens is 1. The molecule has 0 N–H and O–H groups in total. The molecule has 0 aliphatic rings. The molecule has 0 atom stereocenters. The Balaban J connectivity index is 2.29. The summed E-state index contributed by atoms with van der Waals surface area (Å²) >= 11 is 0. The third-order valence-corrected chi connectivity index (χ3v) is 2.31. The molecule has 0 radical (unpaired) electrons. The van der Waals surface area contributed by atoms with Gasteiger partial charge in [-0.1, -0.05) is 6.07 Å². The average molecular weight is 221 g/mol. The van der Waals surface area contributed by atoms with Gasteiger partial charge in [0.05, 0.1) is 6.54 Å². The second-order valence-electron chi connectivity index (χ2n) is 3.44. The zero-order valence-electron chi connectivity index (χ0n) is 8.36. The lowest BCUT2D eigenvalue weighted by Gasteiger charge is -2.05. The first kappa shape index (κ1) is 10.5. The summed E-state index contributed by atoms with van der Waals surface area (Å²) in [4.78, 5) is 10.4. The molecule has 82 valence electrons. The molecule has 2 rings (SSSR count). The SMILES string of the molecule is O=Cc1ccn(Cc2c(F)cccc2F)c1. The van der Waals surface area contributed by atoms with Crippen LogP contribution in [0.2, 0.25) is 0 Å². The Labute approximate surface area is 91.1 Å². The fraction of sp³-hybridized carbons (Fsp3) is 0.0833. The third-order valence-electron chi connectivity index (χ3n) is 2.31. The maximum atomic E-state index is 13.3. The number of hydrogen-bond acceptors (Lipinski definition) is 1. The van der Waals surface area contributed by atoms with E-state index in [1.54, 1.807) is 23.0 Å². The van der Waals surface area contributed by atoms with Crippen LogP contribution in [-0.2, 0) is 6.54 Å². The van der Waals surface area contributed by atoms with Gasteiger partial charge in [0.1, 0.15) is 11.6 Å². The van der Waals surface area contributed by atoms with Crippen molar-refractivity contribution in [2.24, 2.45) is 0 Å². The van der Waals surface area contributed by atoms with Crippen LogP contribution in [0.15, 0.2) is 36.7 Å². The molecule has 1 aromatic heterocycles. The van der Waals surface area contributed by atoms with Gasteiger partial charge >= 0.3 is 0 Å². The lowest BCUT2D eigenvalue weighted by atomic mass is 10.2. The summed E-state index contributed by atoms with van der Waals surface area (Å²) in [5.41, 5.74) is 0.479. The Kier molecular flexibility index (Phi) is 2.81. The van der Waals surface area contributed by atoms with Crippen LogP contribution in [-0.4, -0.2) is 10.9 Å². The molecule has 0 bridgehead atoms. The van der Waals surface area contributed by atoms with Crippen LogP contribution in [0.25, 0.3) is 0 Å². The van der Waals surface area contributed by atoms with Gasteiger partial charge in [0, 0.05) is 23.5 Å². The zero-order chi connectivity index (χ0) is 11.5. The quantitative estimate of drug-likeness (QED) is 0.730. The van der Waals surface area contributed by atoms with Crippen LogP contribution in [0, 0.1) is 11.6 Å². The summed E-state index contributed by atoms with van der Waals surface area (Å²) in [5.74, 6) is -1.16. The Bertz CT molecular complexity index is 499. The predicted octanol–water partition coefficient (Wildman–Crippen LogP) is 2.63. The second kappa shape index (κ2) is 4.26. The summed E-state index contributed by atoms with van der Waals surface area (Å²) in [7, 11) is 0. The molecule has 4 heteroatoms. The molecule has 0 unspecified atom stereocenters. The Morgan fingerprint density at radius 1 is 1.19 bits per heavy atom. The fourth-order valence-corrected chi connectivity index (χ4v) is 1.49. The maximum Gasteiger partial charge on any atom is 0.151 e. The molecule has 16 heavy (non-hydrogen) atoms. The van der Waals surface area contributed by atoms with E-state index >= 15 is 0 Å². The number of nitrogens with zero attached hydrogens (tertiary/aromatic N) is 1. The van der Waals surface area contributed by atoms with E-state index in [9.17, 15) is 13.6 Å². The Morgan fingerprint density at radius 3 is 2.44 bits per heavy atom. The van der Waals surface area contributed by atoms with Gasteiger partial charge in [0.15, 0.2) is 6.29 Å². The van der Waals surface area contributed by atoms with Crippen LogP contribution in [0.1, 0.15) is 15.9 Å². The van der Waals surface area contributed by atoms with E-state index in [1.807, 2.05) is 0 Å². The molecule has 0 aliphatic heterocycles. The smallest absolute Gasteiger partial charge is 0.151 e. The summed E-state index contributed by atoms with van der Waals surface area (Å²) in [6.45, 7) is 0.0757. The number of hydrogen-bond donors (Lipinski definition) is 0. The van der Waals surface area contributed by atoms with Crippen LogP contribution < -0.4 is 0 Å². The molecule has 1 heterocycles. The van der Waals surface area contributed by atoms with Gasteiger partial charge in [-0.2, -0.15) is 0 Å². The third kappa shape index (κ3) is 2.00. The average Bonchev–Trinajstić information content (AvgIpc) is 2.71. The highest BCUT2D eigenvalue weighted by atomic mass is 19.1. The molecule has 0 saturated carbocycles. The minimum atomic E-state index is -0.582. The molecule has 0 saturated heterocycles. The highest BCUT2D eigenvalue weighted by Crippen LogP contribution is 2.14. The summed E-state index contributed by atoms with van der Waals surface area (Å²) in [6.07, 6.45) is 3.84. The van der Waals surface area contributed by atoms with E-state index in [-0.39, 0.29) is 12.1 Å². The molecule has 2 nitrogen and oxygen atoms in total. The van der Waals surface area contributed by atoms with Gasteiger partial charge in [0.2, 0.25) is 0 Å². The van der Waals surface area contributed by atoms with Gasteiger partial charge in [-0.15, -0.1) is 0 Å². The summed E-state index contributed by atoms with van der Waals surface area (Å²) < 4.78 is 28.2. The predicted molar refractivity (Wildman–Crippen MR) is 55.3 cm³/mol. The first-order valence-corrected chi connectivity index (χ1v) is 4.74. The highest BCUT2D eigenvalue weighted by Gasteiger charge is 2.08. The van der Waals surface area contributed by atoms with Gasteiger partial charge in [-0.25, -0.2) is 8.78 Å². The number of rotatable bonds is 3. The van der Waals surface area contributed by atoms with Crippen LogP contribution in [0.5, 0.6) is 0 Å². The first-order valence-electron chi connectivity index (χ1n) is 4.74. The Morgan fingerprint density at radius 2 is 1.88 bits per heavy atom. The number of benzene rings is 1. The standard InChI is InChI=1S/C12H9F2NO/c13-11-2-1-3-12(14)10(11)7-15-5-4-9(6-15)8-16/h1-6,8H,7H2. The van der Waals surface area contributed by atoms with Crippen molar-refractivity contribution in [2.75, 3.05) is 0 Å². The van der Waals surface area contributed by atoms with Crippen LogP contribution >= 0.6 is 0 Å². The van der Waals surface area contributed by atoms with Gasteiger partial charge in [-0.3, -0.25) is 4.79 Å². The number of carbonyl (C=O) groups excluding carboxylic acids is 1. The van der Waals surface area contributed by atoms with Crippen LogP contribution in [0.4, 0.5) is 8.78 Å². The fourth-order valence-electron chi connectivity index (χ4n) is 1.49. The molecule has 0 fully saturated rings. The maximum absolute atomic E-state index is 13.3. The Hall–Kier alpha value is -1.97. The largest absolute Gasteiger partial charge is 0.349 e. The van der Waals surface area contributed by atoms with Crippen molar-refractivity contribution >= 4 is 6.29 Å². The van der Waals surface area contributed by atoms with Gasteiger partial charge < -0.3 is 4.57 Å². The van der Waals surface area contributed by atoms with Crippen molar-refractivity contribution in [3.05, 3.63) is 59.4 Å².